The van der Waals surface area contributed by atoms with E-state index in [0.29, 0.717) is 12.8 Å². The number of nitrogens with two attached hydrogens (primary N) is 1. The van der Waals surface area contributed by atoms with Crippen LogP contribution in [0.15, 0.2) is 11.6 Å². The van der Waals surface area contributed by atoms with Crippen LogP contribution in [0.1, 0.15) is 58.8 Å². The van der Waals surface area contributed by atoms with Gasteiger partial charge in [0.15, 0.2) is 11.6 Å². The van der Waals surface area contributed by atoms with Gasteiger partial charge in [-0.05, 0) is 55.4 Å². The summed E-state index contributed by atoms with van der Waals surface area (Å²) in [6, 6.07) is 0. The largest absolute Gasteiger partial charge is 0.381 e. The summed E-state index contributed by atoms with van der Waals surface area (Å²) in [5.41, 5.74) is 4.27. The Morgan fingerprint density at radius 3 is 2.65 bits per heavy atom. The first-order valence-electron chi connectivity index (χ1n) is 9.90. The number of hydrogen-bond donors (Lipinski definition) is 2. The Morgan fingerprint density at radius 1 is 1.23 bits per heavy atom. The molecule has 4 aliphatic carbocycles. The molecular formula is C21H29NO4. The van der Waals surface area contributed by atoms with Crippen LogP contribution in [0.2, 0.25) is 0 Å². The second kappa shape index (κ2) is 5.59. The number of carbonyl (C=O) groups excluding carboxylic acids is 3. The van der Waals surface area contributed by atoms with E-state index in [2.05, 4.69) is 6.92 Å². The van der Waals surface area contributed by atoms with Crippen molar-refractivity contribution in [3.63, 3.8) is 0 Å². The lowest BCUT2D eigenvalue weighted by Gasteiger charge is -2.57. The SMILES string of the molecule is C[C@@]12CCC(=O)C=C1CC[C@H]1[C@H]2C(=O)C[C@]2(C)[C@@H]1CC[C@@]2(O)C(=O)CN. The number of fused-ring (bicyclic) bond motifs is 5. The number of rotatable bonds is 2. The first-order valence-corrected chi connectivity index (χ1v) is 9.90. The second-order valence-corrected chi connectivity index (χ2v) is 9.43. The zero-order valence-corrected chi connectivity index (χ0v) is 15.7. The maximum absolute atomic E-state index is 13.4. The van der Waals surface area contributed by atoms with Gasteiger partial charge in [-0.15, -0.1) is 0 Å². The molecule has 0 radical (unpaired) electrons. The fourth-order valence-electron chi connectivity index (χ4n) is 7.01. The van der Waals surface area contributed by atoms with Crippen LogP contribution in [-0.4, -0.2) is 34.6 Å². The monoisotopic (exact) mass is 359 g/mol. The fourth-order valence-corrected chi connectivity index (χ4v) is 7.01. The van der Waals surface area contributed by atoms with Gasteiger partial charge in [0.25, 0.3) is 0 Å². The predicted octanol–water partition coefficient (Wildman–Crippen LogP) is 1.96. The van der Waals surface area contributed by atoms with Crippen molar-refractivity contribution >= 4 is 17.3 Å². The average Bonchev–Trinajstić information content (AvgIpc) is 2.86. The Balaban J connectivity index is 1.75. The van der Waals surface area contributed by atoms with Gasteiger partial charge in [0.05, 0.1) is 6.54 Å². The quantitative estimate of drug-likeness (QED) is 0.785. The van der Waals surface area contributed by atoms with Gasteiger partial charge in [0.1, 0.15) is 11.4 Å². The number of hydrogen-bond acceptors (Lipinski definition) is 5. The van der Waals surface area contributed by atoms with E-state index in [1.165, 1.54) is 0 Å². The van der Waals surface area contributed by atoms with E-state index in [0.717, 1.165) is 31.3 Å². The fraction of sp³-hybridized carbons (Fsp3) is 0.762. The minimum Gasteiger partial charge on any atom is -0.381 e. The molecule has 0 aromatic rings. The van der Waals surface area contributed by atoms with Crippen molar-refractivity contribution in [1.82, 2.24) is 0 Å². The lowest BCUT2D eigenvalue weighted by atomic mass is 9.46. The normalized spacial score (nSPS) is 47.7. The standard InChI is InChI=1S/C21H29NO4/c1-19-7-5-13(23)9-12(19)3-4-14-15-6-8-21(26,17(25)11-22)20(15,2)10-16(24)18(14)19/h9,14-15,18,26H,3-8,10-11,22H2,1-2H3/t14-,15-,18+,19-,20-,21-/m1/s1. The molecular weight excluding hydrogens is 330 g/mol. The third kappa shape index (κ3) is 2.07. The Hall–Kier alpha value is -1.33. The first-order chi connectivity index (χ1) is 12.2. The van der Waals surface area contributed by atoms with Crippen molar-refractivity contribution in [2.45, 2.75) is 64.4 Å². The zero-order valence-electron chi connectivity index (χ0n) is 15.7. The highest BCUT2D eigenvalue weighted by Gasteiger charge is 2.68. The summed E-state index contributed by atoms with van der Waals surface area (Å²) < 4.78 is 0. The molecule has 0 heterocycles. The van der Waals surface area contributed by atoms with Crippen molar-refractivity contribution in [2.24, 2.45) is 34.3 Å². The molecule has 5 heteroatoms. The van der Waals surface area contributed by atoms with E-state index in [9.17, 15) is 19.5 Å². The summed E-state index contributed by atoms with van der Waals surface area (Å²) in [5.74, 6) is 0.232. The third-order valence-corrected chi connectivity index (χ3v) is 8.45. The van der Waals surface area contributed by atoms with Gasteiger partial charge < -0.3 is 10.8 Å². The molecule has 142 valence electrons. The van der Waals surface area contributed by atoms with Crippen LogP contribution in [0.5, 0.6) is 0 Å². The third-order valence-electron chi connectivity index (χ3n) is 8.45. The van der Waals surface area contributed by atoms with Crippen LogP contribution in [-0.2, 0) is 14.4 Å². The molecule has 4 aliphatic rings. The molecule has 0 aromatic heterocycles. The van der Waals surface area contributed by atoms with Crippen LogP contribution in [0.4, 0.5) is 0 Å². The zero-order chi connectivity index (χ0) is 18.9. The molecule has 0 bridgehead atoms. The molecule has 0 unspecified atom stereocenters. The van der Waals surface area contributed by atoms with Gasteiger partial charge in [-0.3, -0.25) is 14.4 Å². The predicted molar refractivity (Wildman–Crippen MR) is 96.1 cm³/mol. The Morgan fingerprint density at radius 2 is 1.96 bits per heavy atom. The average molecular weight is 359 g/mol. The Bertz CT molecular complexity index is 728. The minimum atomic E-state index is -1.48. The summed E-state index contributed by atoms with van der Waals surface area (Å²) >= 11 is 0. The van der Waals surface area contributed by atoms with Gasteiger partial charge >= 0.3 is 0 Å². The summed E-state index contributed by atoms with van der Waals surface area (Å²) in [7, 11) is 0. The van der Waals surface area contributed by atoms with Gasteiger partial charge in [-0.2, -0.15) is 0 Å². The van der Waals surface area contributed by atoms with E-state index >= 15 is 0 Å². The highest BCUT2D eigenvalue weighted by Crippen LogP contribution is 2.66. The van der Waals surface area contributed by atoms with Crippen LogP contribution >= 0.6 is 0 Å². The van der Waals surface area contributed by atoms with Crippen molar-refractivity contribution in [3.8, 4) is 0 Å². The van der Waals surface area contributed by atoms with E-state index in [1.807, 2.05) is 6.92 Å². The summed E-state index contributed by atoms with van der Waals surface area (Å²) in [6.45, 7) is 3.88. The van der Waals surface area contributed by atoms with Crippen LogP contribution in [0, 0.1) is 28.6 Å². The number of Topliss-reactive ketones (excluding diaryl/α,β-unsaturated/α-hetero) is 2. The van der Waals surface area contributed by atoms with E-state index in [-0.39, 0.29) is 53.5 Å². The molecule has 3 fully saturated rings. The van der Waals surface area contributed by atoms with Crippen LogP contribution in [0.25, 0.3) is 0 Å². The van der Waals surface area contributed by atoms with Gasteiger partial charge in [0.2, 0.25) is 0 Å². The molecule has 0 amide bonds. The Labute approximate surface area is 154 Å². The summed E-state index contributed by atoms with van der Waals surface area (Å²) in [6.07, 6.45) is 6.13. The molecule has 26 heavy (non-hydrogen) atoms. The number of ketones is 3. The molecule has 4 rings (SSSR count). The highest BCUT2D eigenvalue weighted by atomic mass is 16.3. The van der Waals surface area contributed by atoms with Crippen molar-refractivity contribution in [1.29, 1.82) is 0 Å². The molecule has 5 nitrogen and oxygen atoms in total. The van der Waals surface area contributed by atoms with Gasteiger partial charge in [0, 0.05) is 24.2 Å². The maximum Gasteiger partial charge on any atom is 0.178 e. The number of carbonyl (C=O) groups is 3. The molecule has 3 saturated carbocycles. The molecule has 0 saturated heterocycles. The van der Waals surface area contributed by atoms with Gasteiger partial charge in [-0.25, -0.2) is 0 Å². The van der Waals surface area contributed by atoms with Gasteiger partial charge in [-0.1, -0.05) is 19.4 Å². The van der Waals surface area contributed by atoms with E-state index in [4.69, 9.17) is 5.73 Å². The molecule has 6 atom stereocenters. The van der Waals surface area contributed by atoms with E-state index < -0.39 is 11.0 Å². The maximum atomic E-state index is 13.4. The number of aliphatic hydroxyl groups is 1. The lowest BCUT2D eigenvalue weighted by molar-refractivity contribution is -0.168. The number of allylic oxidation sites excluding steroid dienone is 1. The smallest absolute Gasteiger partial charge is 0.178 e. The molecule has 0 aromatic carbocycles. The molecule has 0 spiro atoms. The van der Waals surface area contributed by atoms with Crippen molar-refractivity contribution < 1.29 is 19.5 Å². The molecule has 0 aliphatic heterocycles. The summed E-state index contributed by atoms with van der Waals surface area (Å²) in [5, 5.41) is 11.2. The first kappa shape index (κ1) is 18.1. The topological polar surface area (TPSA) is 97.5 Å². The Kier molecular flexibility index (Phi) is 3.88. The van der Waals surface area contributed by atoms with Crippen LogP contribution < -0.4 is 5.73 Å². The lowest BCUT2D eigenvalue weighted by Crippen LogP contribution is -2.61. The summed E-state index contributed by atoms with van der Waals surface area (Å²) in [4.78, 5) is 37.7. The highest BCUT2D eigenvalue weighted by molar-refractivity contribution is 5.94. The second-order valence-electron chi connectivity index (χ2n) is 9.43. The molecule has 3 N–H and O–H groups in total. The van der Waals surface area contributed by atoms with Crippen LogP contribution in [0.3, 0.4) is 0 Å². The van der Waals surface area contributed by atoms with E-state index in [1.54, 1.807) is 6.08 Å². The minimum absolute atomic E-state index is 0.0935. The van der Waals surface area contributed by atoms with Crippen molar-refractivity contribution in [2.75, 3.05) is 6.54 Å². The van der Waals surface area contributed by atoms with Crippen molar-refractivity contribution in [3.05, 3.63) is 11.6 Å².